The van der Waals surface area contributed by atoms with Crippen molar-refractivity contribution in [2.45, 2.75) is 26.7 Å². The number of hydrogen-bond acceptors (Lipinski definition) is 1. The van der Waals surface area contributed by atoms with Gasteiger partial charge in [0.15, 0.2) is 5.78 Å². The molecule has 0 unspecified atom stereocenters. The fourth-order valence-corrected chi connectivity index (χ4v) is 3.06. The highest BCUT2D eigenvalue weighted by atomic mass is 127. The van der Waals surface area contributed by atoms with E-state index in [1.165, 1.54) is 9.15 Å². The van der Waals surface area contributed by atoms with E-state index in [4.69, 9.17) is 0 Å². The van der Waals surface area contributed by atoms with E-state index in [9.17, 15) is 4.79 Å². The second kappa shape index (κ2) is 2.94. The molecule has 0 aromatic rings. The normalized spacial score (nSPS) is 41.2. The van der Waals surface area contributed by atoms with E-state index >= 15 is 0 Å². The summed E-state index contributed by atoms with van der Waals surface area (Å²) in [7, 11) is 0. The number of hydrogen-bond donors (Lipinski definition) is 0. The molecule has 1 fully saturated rings. The van der Waals surface area contributed by atoms with Gasteiger partial charge in [0.05, 0.1) is 0 Å². The lowest BCUT2D eigenvalue weighted by Gasteiger charge is -2.21. The van der Waals surface area contributed by atoms with Crippen molar-refractivity contribution in [3.63, 3.8) is 0 Å². The Bertz CT molecular complexity index is 323. The number of halogens is 1. The van der Waals surface area contributed by atoms with Crippen molar-refractivity contribution in [3.8, 4) is 0 Å². The fourth-order valence-electron chi connectivity index (χ4n) is 2.46. The number of allylic oxidation sites excluding steroid dienone is 4. The monoisotopic (exact) mass is 288 g/mol. The van der Waals surface area contributed by atoms with Gasteiger partial charge in [-0.3, -0.25) is 4.79 Å². The number of carbonyl (C=O) groups excluding carboxylic acids is 1. The average molecular weight is 288 g/mol. The molecule has 2 aliphatic carbocycles. The molecule has 0 aliphatic heterocycles. The number of fused-ring (bicyclic) bond motifs is 1. The lowest BCUT2D eigenvalue weighted by molar-refractivity contribution is -0.122. The van der Waals surface area contributed by atoms with Crippen molar-refractivity contribution >= 4 is 28.4 Å². The molecule has 2 atom stereocenters. The molecular weight excluding hydrogens is 275 g/mol. The highest BCUT2D eigenvalue weighted by Crippen LogP contribution is 2.52. The fraction of sp³-hybridized carbons (Fsp3) is 0.545. The van der Waals surface area contributed by atoms with E-state index < -0.39 is 0 Å². The number of ketones is 1. The molecule has 0 N–H and O–H groups in total. The molecule has 0 heterocycles. The quantitative estimate of drug-likeness (QED) is 0.625. The van der Waals surface area contributed by atoms with E-state index in [0.29, 0.717) is 11.7 Å². The van der Waals surface area contributed by atoms with E-state index in [1.807, 2.05) is 0 Å². The minimum atomic E-state index is -0.0955. The standard InChI is InChI=1S/C11H13IO/c1-7(12)8-5-6-11(2)9(8)3-4-10(11)13/h3-4,9H,5-6H2,1-2H3/b8-7+/t9-,11+/m0/s1. The Morgan fingerprint density at radius 2 is 2.38 bits per heavy atom. The van der Waals surface area contributed by atoms with Crippen molar-refractivity contribution in [3.05, 3.63) is 21.3 Å². The molecule has 1 saturated carbocycles. The van der Waals surface area contributed by atoms with Gasteiger partial charge in [-0.2, -0.15) is 0 Å². The Balaban J connectivity index is 2.44. The summed E-state index contributed by atoms with van der Waals surface area (Å²) in [6, 6.07) is 0. The van der Waals surface area contributed by atoms with Gasteiger partial charge in [0.2, 0.25) is 0 Å². The number of rotatable bonds is 0. The number of carbonyl (C=O) groups is 1. The van der Waals surface area contributed by atoms with E-state index in [0.717, 1.165) is 12.8 Å². The predicted octanol–water partition coefficient (Wildman–Crippen LogP) is 3.25. The molecule has 0 bridgehead atoms. The first-order valence-electron chi connectivity index (χ1n) is 4.63. The topological polar surface area (TPSA) is 17.1 Å². The first-order valence-corrected chi connectivity index (χ1v) is 5.71. The SMILES string of the molecule is C/C(I)=C1/CC[C@@]2(C)C(=O)C=C[C@@H]12. The Morgan fingerprint density at radius 1 is 1.69 bits per heavy atom. The van der Waals surface area contributed by atoms with Gasteiger partial charge < -0.3 is 0 Å². The zero-order chi connectivity index (χ0) is 9.64. The molecule has 2 heteroatoms. The zero-order valence-corrected chi connectivity index (χ0v) is 10.1. The molecule has 0 amide bonds. The molecule has 13 heavy (non-hydrogen) atoms. The minimum absolute atomic E-state index is 0.0955. The Kier molecular flexibility index (Phi) is 2.13. The molecule has 0 aromatic carbocycles. The van der Waals surface area contributed by atoms with Crippen LogP contribution in [0.2, 0.25) is 0 Å². The summed E-state index contributed by atoms with van der Waals surface area (Å²) in [4.78, 5) is 11.6. The molecule has 0 radical (unpaired) electrons. The van der Waals surface area contributed by atoms with Crippen LogP contribution >= 0.6 is 22.6 Å². The van der Waals surface area contributed by atoms with Crippen LogP contribution in [0.4, 0.5) is 0 Å². The van der Waals surface area contributed by atoms with E-state index in [1.54, 1.807) is 6.08 Å². The minimum Gasteiger partial charge on any atom is -0.294 e. The van der Waals surface area contributed by atoms with Gasteiger partial charge in [-0.15, -0.1) is 0 Å². The Labute approximate surface area is 92.4 Å². The summed E-state index contributed by atoms with van der Waals surface area (Å²) in [6.45, 7) is 4.24. The molecule has 70 valence electrons. The summed E-state index contributed by atoms with van der Waals surface area (Å²) in [6.07, 6.45) is 5.99. The van der Waals surface area contributed by atoms with Crippen LogP contribution in [0.3, 0.4) is 0 Å². The van der Waals surface area contributed by atoms with Crippen LogP contribution in [0.25, 0.3) is 0 Å². The highest BCUT2D eigenvalue weighted by Gasteiger charge is 2.48. The Hall–Kier alpha value is -0.120. The first kappa shape index (κ1) is 9.44. The summed E-state index contributed by atoms with van der Waals surface area (Å²) >= 11 is 2.37. The van der Waals surface area contributed by atoms with Crippen molar-refractivity contribution < 1.29 is 4.79 Å². The van der Waals surface area contributed by atoms with Gasteiger partial charge in [-0.05, 0) is 52.0 Å². The smallest absolute Gasteiger partial charge is 0.162 e. The second-order valence-electron chi connectivity index (χ2n) is 4.18. The molecular formula is C11H13IO. The third-order valence-corrected chi connectivity index (χ3v) is 4.11. The maximum Gasteiger partial charge on any atom is 0.162 e. The summed E-state index contributed by atoms with van der Waals surface area (Å²) in [5.41, 5.74) is 1.38. The van der Waals surface area contributed by atoms with E-state index in [2.05, 4.69) is 42.5 Å². The van der Waals surface area contributed by atoms with Crippen LogP contribution in [0, 0.1) is 11.3 Å². The van der Waals surface area contributed by atoms with Gasteiger partial charge in [-0.1, -0.05) is 18.6 Å². The van der Waals surface area contributed by atoms with Crippen molar-refractivity contribution in [1.82, 2.24) is 0 Å². The van der Waals surface area contributed by atoms with Crippen LogP contribution < -0.4 is 0 Å². The van der Waals surface area contributed by atoms with Crippen LogP contribution in [-0.4, -0.2) is 5.78 Å². The second-order valence-corrected chi connectivity index (χ2v) is 5.80. The summed E-state index contributed by atoms with van der Waals surface area (Å²) in [5, 5.41) is 0. The van der Waals surface area contributed by atoms with E-state index in [-0.39, 0.29) is 5.41 Å². The van der Waals surface area contributed by atoms with Gasteiger partial charge in [0, 0.05) is 11.3 Å². The summed E-state index contributed by atoms with van der Waals surface area (Å²) in [5.74, 6) is 0.724. The Morgan fingerprint density at radius 3 is 3.00 bits per heavy atom. The zero-order valence-electron chi connectivity index (χ0n) is 7.93. The van der Waals surface area contributed by atoms with Crippen LogP contribution in [0.15, 0.2) is 21.3 Å². The molecule has 0 spiro atoms. The largest absolute Gasteiger partial charge is 0.294 e. The van der Waals surface area contributed by atoms with Crippen molar-refractivity contribution in [2.24, 2.45) is 11.3 Å². The lowest BCUT2D eigenvalue weighted by atomic mass is 9.80. The average Bonchev–Trinajstić information content (AvgIpc) is 2.51. The van der Waals surface area contributed by atoms with Crippen LogP contribution in [-0.2, 0) is 4.79 Å². The maximum absolute atomic E-state index is 11.6. The van der Waals surface area contributed by atoms with Crippen molar-refractivity contribution in [2.75, 3.05) is 0 Å². The molecule has 0 aromatic heterocycles. The van der Waals surface area contributed by atoms with Crippen LogP contribution in [0.1, 0.15) is 26.7 Å². The lowest BCUT2D eigenvalue weighted by Crippen LogP contribution is -2.24. The summed E-state index contributed by atoms with van der Waals surface area (Å²) < 4.78 is 1.37. The van der Waals surface area contributed by atoms with Gasteiger partial charge in [0.25, 0.3) is 0 Å². The third kappa shape index (κ3) is 1.22. The maximum atomic E-state index is 11.6. The van der Waals surface area contributed by atoms with Crippen LogP contribution in [0.5, 0.6) is 0 Å². The third-order valence-electron chi connectivity index (χ3n) is 3.42. The predicted molar refractivity (Wildman–Crippen MR) is 61.7 cm³/mol. The molecule has 2 rings (SSSR count). The van der Waals surface area contributed by atoms with Gasteiger partial charge >= 0.3 is 0 Å². The molecule has 2 aliphatic rings. The highest BCUT2D eigenvalue weighted by molar-refractivity contribution is 14.1. The van der Waals surface area contributed by atoms with Gasteiger partial charge in [-0.25, -0.2) is 0 Å². The first-order chi connectivity index (χ1) is 6.05. The van der Waals surface area contributed by atoms with Gasteiger partial charge in [0.1, 0.15) is 0 Å². The molecule has 0 saturated heterocycles. The molecule has 1 nitrogen and oxygen atoms in total. The van der Waals surface area contributed by atoms with Crippen molar-refractivity contribution in [1.29, 1.82) is 0 Å².